The molecular formula is C33H45NO. The number of carbonyl (C=O) groups excluding carboxylic acids is 1. The van der Waals surface area contributed by atoms with Gasteiger partial charge in [0.2, 0.25) is 0 Å². The molecule has 0 unspecified atom stereocenters. The average Bonchev–Trinajstić information content (AvgIpc) is 3.35. The highest BCUT2D eigenvalue weighted by Gasteiger charge is 2.61. The van der Waals surface area contributed by atoms with Crippen molar-refractivity contribution in [3.05, 3.63) is 41.1 Å². The number of fused-ring (bicyclic) bond motifs is 8. The van der Waals surface area contributed by atoms with Gasteiger partial charge < -0.3 is 4.98 Å². The molecule has 4 aliphatic rings. The van der Waals surface area contributed by atoms with Crippen LogP contribution < -0.4 is 0 Å². The number of ketones is 1. The summed E-state index contributed by atoms with van der Waals surface area (Å²) < 4.78 is 0. The third-order valence-corrected chi connectivity index (χ3v) is 11.5. The van der Waals surface area contributed by atoms with Gasteiger partial charge in [-0.15, -0.1) is 0 Å². The maximum absolute atomic E-state index is 13.7. The molecule has 0 bridgehead atoms. The molecule has 1 heterocycles. The van der Waals surface area contributed by atoms with Crippen LogP contribution in [0.2, 0.25) is 0 Å². The molecule has 7 atom stereocenters. The van der Waals surface area contributed by atoms with E-state index in [1.165, 1.54) is 67.1 Å². The number of aromatic nitrogens is 1. The standard InChI is InChI=1S/C33H45NO/c1-20(2)9-8-10-21(3)25-13-14-26-23-17-31(35)28-18-30-24(22-11-6-7-12-29(22)34-30)19-33(28,5)27(23)15-16-32(25,26)4/h6-7,11-12,18,20-21,23,25-27,34H,8-10,13-17,19H2,1-5H3/t21-,23+,25-,26+,27+,32-,33-/m1/s1. The molecule has 1 aromatic carbocycles. The lowest BCUT2D eigenvalue weighted by Crippen LogP contribution is -2.53. The monoisotopic (exact) mass is 471 g/mol. The van der Waals surface area contributed by atoms with Crippen LogP contribution in [0.3, 0.4) is 0 Å². The van der Waals surface area contributed by atoms with Crippen LogP contribution in [0.4, 0.5) is 0 Å². The number of hydrogen-bond acceptors (Lipinski definition) is 1. The van der Waals surface area contributed by atoms with Gasteiger partial charge in [-0.05, 0) is 90.7 Å². The molecule has 188 valence electrons. The molecule has 0 spiro atoms. The van der Waals surface area contributed by atoms with Crippen molar-refractivity contribution in [3.8, 4) is 0 Å². The summed E-state index contributed by atoms with van der Waals surface area (Å²) in [6, 6.07) is 8.70. The van der Waals surface area contributed by atoms with E-state index in [4.69, 9.17) is 0 Å². The maximum atomic E-state index is 13.7. The van der Waals surface area contributed by atoms with Crippen LogP contribution in [0.25, 0.3) is 17.0 Å². The molecule has 0 amide bonds. The minimum Gasteiger partial charge on any atom is -0.355 e. The summed E-state index contributed by atoms with van der Waals surface area (Å²) in [7, 11) is 0. The van der Waals surface area contributed by atoms with E-state index in [1.807, 2.05) is 0 Å². The molecule has 2 aromatic rings. The summed E-state index contributed by atoms with van der Waals surface area (Å²) in [5, 5.41) is 1.35. The topological polar surface area (TPSA) is 32.9 Å². The Bertz CT molecular complexity index is 1170. The van der Waals surface area contributed by atoms with Crippen molar-refractivity contribution in [3.63, 3.8) is 0 Å². The van der Waals surface area contributed by atoms with Crippen LogP contribution in [0.5, 0.6) is 0 Å². The minimum absolute atomic E-state index is 0.0136. The first kappa shape index (κ1) is 23.6. The predicted molar refractivity (Wildman–Crippen MR) is 146 cm³/mol. The Kier molecular flexibility index (Phi) is 5.62. The fraction of sp³-hybridized carbons (Fsp3) is 0.667. The van der Waals surface area contributed by atoms with Gasteiger partial charge in [-0.2, -0.15) is 0 Å². The Labute approximate surface area is 212 Å². The molecule has 3 saturated carbocycles. The lowest BCUT2D eigenvalue weighted by molar-refractivity contribution is -0.128. The van der Waals surface area contributed by atoms with Gasteiger partial charge in [0, 0.05) is 34.0 Å². The first-order valence-electron chi connectivity index (χ1n) is 14.6. The number of carbonyl (C=O) groups is 1. The third-order valence-electron chi connectivity index (χ3n) is 11.5. The highest BCUT2D eigenvalue weighted by molar-refractivity contribution is 6.04. The number of H-pyrrole nitrogens is 1. The van der Waals surface area contributed by atoms with Crippen molar-refractivity contribution in [1.82, 2.24) is 4.98 Å². The molecule has 1 N–H and O–H groups in total. The molecule has 2 heteroatoms. The molecule has 3 fully saturated rings. The van der Waals surface area contributed by atoms with E-state index in [1.54, 1.807) is 0 Å². The quantitative estimate of drug-likeness (QED) is 0.465. The second-order valence-corrected chi connectivity index (χ2v) is 13.7. The van der Waals surface area contributed by atoms with Crippen molar-refractivity contribution in [2.75, 3.05) is 0 Å². The van der Waals surface area contributed by atoms with Gasteiger partial charge in [-0.3, -0.25) is 4.79 Å². The van der Waals surface area contributed by atoms with E-state index in [0.717, 1.165) is 42.1 Å². The van der Waals surface area contributed by atoms with Crippen molar-refractivity contribution in [1.29, 1.82) is 0 Å². The van der Waals surface area contributed by atoms with Crippen molar-refractivity contribution in [2.45, 2.75) is 92.4 Å². The van der Waals surface area contributed by atoms with E-state index < -0.39 is 0 Å². The summed E-state index contributed by atoms with van der Waals surface area (Å²) in [5.41, 5.74) is 5.37. The normalized spacial score (nSPS) is 37.0. The SMILES string of the molecule is CC(C)CCC[C@@H](C)[C@H]1CC[C@H]2[C@@H]3CC(=O)C4=Cc5[nH]c6ccccc6c5C[C@]4(C)[C@H]3CC[C@]12C. The van der Waals surface area contributed by atoms with Gasteiger partial charge in [0.25, 0.3) is 0 Å². The lowest BCUT2D eigenvalue weighted by Gasteiger charge is -2.58. The maximum Gasteiger partial charge on any atom is 0.159 e. The first-order valence-corrected chi connectivity index (χ1v) is 14.6. The molecule has 6 rings (SSSR count). The molecule has 4 aliphatic carbocycles. The Morgan fingerprint density at radius 2 is 1.83 bits per heavy atom. The van der Waals surface area contributed by atoms with Crippen LogP contribution in [0, 0.1) is 46.3 Å². The summed E-state index contributed by atoms with van der Waals surface area (Å²) in [6.45, 7) is 12.3. The molecule has 0 radical (unpaired) electrons. The van der Waals surface area contributed by atoms with Crippen LogP contribution >= 0.6 is 0 Å². The van der Waals surface area contributed by atoms with Gasteiger partial charge in [0.05, 0.1) is 0 Å². The zero-order valence-corrected chi connectivity index (χ0v) is 22.6. The average molecular weight is 472 g/mol. The van der Waals surface area contributed by atoms with Crippen molar-refractivity contribution < 1.29 is 4.79 Å². The number of hydrogen-bond donors (Lipinski definition) is 1. The van der Waals surface area contributed by atoms with Crippen LogP contribution in [-0.4, -0.2) is 10.8 Å². The van der Waals surface area contributed by atoms with E-state index in [-0.39, 0.29) is 5.41 Å². The molecule has 2 nitrogen and oxygen atoms in total. The second-order valence-electron chi connectivity index (χ2n) is 13.7. The van der Waals surface area contributed by atoms with Crippen molar-refractivity contribution >= 4 is 22.8 Å². The zero-order valence-electron chi connectivity index (χ0n) is 22.6. The number of nitrogens with one attached hydrogen (secondary N) is 1. The minimum atomic E-state index is -0.0136. The number of rotatable bonds is 5. The molecule has 35 heavy (non-hydrogen) atoms. The Morgan fingerprint density at radius 1 is 1.03 bits per heavy atom. The first-order chi connectivity index (χ1) is 16.7. The summed E-state index contributed by atoms with van der Waals surface area (Å²) in [5.74, 6) is 4.85. The van der Waals surface area contributed by atoms with Gasteiger partial charge in [0.1, 0.15) is 0 Å². The van der Waals surface area contributed by atoms with Gasteiger partial charge in [-0.25, -0.2) is 0 Å². The number of Topliss-reactive ketones (excluding diaryl/α,β-unsaturated/α-hetero) is 1. The highest BCUT2D eigenvalue weighted by atomic mass is 16.1. The second kappa shape index (κ2) is 8.35. The number of para-hydroxylation sites is 1. The summed E-state index contributed by atoms with van der Waals surface area (Å²) in [6.07, 6.45) is 13.6. The smallest absolute Gasteiger partial charge is 0.159 e. The van der Waals surface area contributed by atoms with Gasteiger partial charge in [-0.1, -0.05) is 72.1 Å². The van der Waals surface area contributed by atoms with Gasteiger partial charge >= 0.3 is 0 Å². The predicted octanol–water partition coefficient (Wildman–Crippen LogP) is 8.61. The fourth-order valence-electron chi connectivity index (χ4n) is 9.75. The molecular weight excluding hydrogens is 426 g/mol. The van der Waals surface area contributed by atoms with E-state index >= 15 is 0 Å². The highest BCUT2D eigenvalue weighted by Crippen LogP contribution is 2.67. The largest absolute Gasteiger partial charge is 0.355 e. The van der Waals surface area contributed by atoms with Crippen LogP contribution in [0.15, 0.2) is 29.8 Å². The number of benzene rings is 1. The molecule has 1 aromatic heterocycles. The van der Waals surface area contributed by atoms with Gasteiger partial charge in [0.15, 0.2) is 5.78 Å². The summed E-state index contributed by atoms with van der Waals surface area (Å²) >= 11 is 0. The van der Waals surface area contributed by atoms with E-state index in [0.29, 0.717) is 23.0 Å². The molecule has 0 saturated heterocycles. The number of allylic oxidation sites excluding steroid dienone is 1. The lowest BCUT2D eigenvalue weighted by atomic mass is 9.46. The molecule has 0 aliphatic heterocycles. The number of aromatic amines is 1. The fourth-order valence-corrected chi connectivity index (χ4v) is 9.75. The zero-order chi connectivity index (χ0) is 24.5. The van der Waals surface area contributed by atoms with Crippen LogP contribution in [0.1, 0.15) is 97.2 Å². The van der Waals surface area contributed by atoms with Crippen LogP contribution in [-0.2, 0) is 11.2 Å². The summed E-state index contributed by atoms with van der Waals surface area (Å²) in [4.78, 5) is 17.4. The van der Waals surface area contributed by atoms with Crippen molar-refractivity contribution in [2.24, 2.45) is 46.3 Å². The Balaban J connectivity index is 1.29. The van der Waals surface area contributed by atoms with E-state index in [2.05, 4.69) is 69.9 Å². The Hall–Kier alpha value is -1.83. The third kappa shape index (κ3) is 3.52. The Morgan fingerprint density at radius 3 is 2.63 bits per heavy atom. The van der Waals surface area contributed by atoms with E-state index in [9.17, 15) is 4.79 Å².